The molecular weight excluding hydrogens is 412 g/mol. The van der Waals surface area contributed by atoms with Crippen LogP contribution in [0, 0.1) is 5.82 Å². The van der Waals surface area contributed by atoms with Gasteiger partial charge in [0.25, 0.3) is 0 Å². The third-order valence-corrected chi connectivity index (χ3v) is 7.84. The third-order valence-electron chi connectivity index (χ3n) is 5.31. The normalized spacial score (nSPS) is 11.8. The fourth-order valence-electron chi connectivity index (χ4n) is 4.07. The first-order valence-electron chi connectivity index (χ1n) is 9.18. The van der Waals surface area contributed by atoms with Gasteiger partial charge in [-0.15, -0.1) is 0 Å². The second-order valence-corrected chi connectivity index (χ2v) is 9.16. The second kappa shape index (κ2) is 6.00. The zero-order valence-corrected chi connectivity index (χ0v) is 16.5. The Balaban J connectivity index is 1.85. The van der Waals surface area contributed by atoms with E-state index in [4.69, 9.17) is 4.98 Å². The van der Waals surface area contributed by atoms with Crippen LogP contribution >= 0.6 is 0 Å². The summed E-state index contributed by atoms with van der Waals surface area (Å²) in [6.07, 6.45) is 0. The summed E-state index contributed by atoms with van der Waals surface area (Å²) < 4.78 is 16.6. The number of nitrogens with zero attached hydrogens (tertiary/aromatic N) is 1. The van der Waals surface area contributed by atoms with Crippen molar-refractivity contribution in [1.29, 1.82) is 0 Å². The Morgan fingerprint density at radius 1 is 0.714 bits per heavy atom. The second-order valence-electron chi connectivity index (χ2n) is 6.95. The molecule has 6 rings (SSSR count). The quantitative estimate of drug-likeness (QED) is 0.272. The number of aromatic nitrogens is 1. The minimum absolute atomic E-state index is 0.213. The van der Waals surface area contributed by atoms with Crippen LogP contribution in [0.25, 0.3) is 52.2 Å². The van der Waals surface area contributed by atoms with E-state index in [1.54, 1.807) is 6.07 Å². The summed E-state index contributed by atoms with van der Waals surface area (Å²) >= 11 is 0.250. The first kappa shape index (κ1) is 16.0. The number of pyridine rings is 1. The Morgan fingerprint density at radius 3 is 2.46 bits per heavy atom. The summed E-state index contributed by atoms with van der Waals surface area (Å²) in [5, 5.41) is 5.70. The maximum absolute atomic E-state index is 13.8. The van der Waals surface area contributed by atoms with Crippen LogP contribution in [0.5, 0.6) is 0 Å². The Morgan fingerprint density at radius 2 is 1.54 bits per heavy atom. The molecule has 0 aliphatic rings. The van der Waals surface area contributed by atoms with Gasteiger partial charge in [-0.1, -0.05) is 0 Å². The van der Waals surface area contributed by atoms with E-state index in [1.165, 1.54) is 30.7 Å². The molecule has 3 heteroatoms. The topological polar surface area (TPSA) is 12.9 Å². The molecule has 0 unspecified atom stereocenters. The fourth-order valence-corrected chi connectivity index (χ4v) is 6.66. The Bertz CT molecular complexity index is 1530. The molecule has 2 aromatic heterocycles. The standard InChI is InChI=1S/C25H14FNSe/c26-16-12-13-17-15(14-16)6-5-9-18(17)24-23-20-8-2-4-11-22(20)28-25(23)19-7-1-3-10-21(19)27-24/h1-14H. The summed E-state index contributed by atoms with van der Waals surface area (Å²) in [7, 11) is 0. The predicted octanol–water partition coefficient (Wildman–Crippen LogP) is 6.56. The minimum atomic E-state index is -0.213. The molecule has 0 saturated heterocycles. The molecule has 2 heterocycles. The molecule has 6 aromatic rings. The van der Waals surface area contributed by atoms with E-state index in [-0.39, 0.29) is 20.3 Å². The molecular formula is C25H14FNSe. The Kier molecular flexibility index (Phi) is 3.43. The number of benzene rings is 4. The van der Waals surface area contributed by atoms with Crippen LogP contribution < -0.4 is 0 Å². The summed E-state index contributed by atoms with van der Waals surface area (Å²) in [6, 6.07) is 28.1. The molecule has 0 amide bonds. The molecule has 0 saturated carbocycles. The van der Waals surface area contributed by atoms with E-state index in [0.717, 1.165) is 27.5 Å². The van der Waals surface area contributed by atoms with Crippen LogP contribution in [-0.2, 0) is 0 Å². The Labute approximate surface area is 166 Å². The zero-order valence-electron chi connectivity index (χ0n) is 14.8. The molecule has 28 heavy (non-hydrogen) atoms. The number of fused-ring (bicyclic) bond motifs is 6. The molecule has 1 nitrogen and oxygen atoms in total. The van der Waals surface area contributed by atoms with E-state index in [1.807, 2.05) is 24.3 Å². The first-order chi connectivity index (χ1) is 13.8. The van der Waals surface area contributed by atoms with Gasteiger partial charge in [0.15, 0.2) is 0 Å². The number of rotatable bonds is 1. The van der Waals surface area contributed by atoms with Crippen molar-refractivity contribution in [2.75, 3.05) is 0 Å². The summed E-state index contributed by atoms with van der Waals surface area (Å²) in [5.74, 6) is -0.213. The number of para-hydroxylation sites is 1. The van der Waals surface area contributed by atoms with Gasteiger partial charge in [0.05, 0.1) is 0 Å². The molecule has 132 valence electrons. The molecule has 0 spiro atoms. The van der Waals surface area contributed by atoms with Crippen molar-refractivity contribution < 1.29 is 4.39 Å². The third kappa shape index (κ3) is 2.27. The summed E-state index contributed by atoms with van der Waals surface area (Å²) in [6.45, 7) is 0. The van der Waals surface area contributed by atoms with Crippen LogP contribution in [-0.4, -0.2) is 19.5 Å². The fraction of sp³-hybridized carbons (Fsp3) is 0. The SMILES string of the molecule is Fc1ccc2c(-c3nc4ccccc4c4[se]c5ccccc5c34)cccc2c1. The van der Waals surface area contributed by atoms with Crippen LogP contribution in [0.15, 0.2) is 84.9 Å². The average Bonchev–Trinajstić information content (AvgIpc) is 3.12. The Hall–Kier alpha value is -3.00. The monoisotopic (exact) mass is 427 g/mol. The molecule has 0 aliphatic heterocycles. The van der Waals surface area contributed by atoms with E-state index < -0.39 is 0 Å². The van der Waals surface area contributed by atoms with Crippen molar-refractivity contribution in [3.8, 4) is 11.3 Å². The molecule has 0 aliphatic carbocycles. The zero-order chi connectivity index (χ0) is 18.7. The maximum atomic E-state index is 13.8. The van der Waals surface area contributed by atoms with E-state index in [2.05, 4.69) is 48.5 Å². The van der Waals surface area contributed by atoms with E-state index >= 15 is 0 Å². The molecule has 0 atom stereocenters. The van der Waals surface area contributed by atoms with E-state index in [0.29, 0.717) is 0 Å². The van der Waals surface area contributed by atoms with Crippen LogP contribution in [0.3, 0.4) is 0 Å². The van der Waals surface area contributed by atoms with Gasteiger partial charge in [-0.2, -0.15) is 0 Å². The van der Waals surface area contributed by atoms with Gasteiger partial charge < -0.3 is 0 Å². The van der Waals surface area contributed by atoms with E-state index in [9.17, 15) is 4.39 Å². The van der Waals surface area contributed by atoms with Crippen LogP contribution in [0.4, 0.5) is 4.39 Å². The van der Waals surface area contributed by atoms with Gasteiger partial charge in [-0.3, -0.25) is 0 Å². The van der Waals surface area contributed by atoms with Gasteiger partial charge in [0.1, 0.15) is 0 Å². The van der Waals surface area contributed by atoms with Crippen LogP contribution in [0.2, 0.25) is 0 Å². The van der Waals surface area contributed by atoms with Crippen molar-refractivity contribution in [3.63, 3.8) is 0 Å². The first-order valence-corrected chi connectivity index (χ1v) is 10.9. The van der Waals surface area contributed by atoms with Gasteiger partial charge in [0.2, 0.25) is 0 Å². The predicted molar refractivity (Wildman–Crippen MR) is 117 cm³/mol. The molecule has 0 fully saturated rings. The number of halogens is 1. The average molecular weight is 426 g/mol. The van der Waals surface area contributed by atoms with Crippen molar-refractivity contribution in [3.05, 3.63) is 90.7 Å². The summed E-state index contributed by atoms with van der Waals surface area (Å²) in [5.41, 5.74) is 3.08. The van der Waals surface area contributed by atoms with Crippen molar-refractivity contribution >= 4 is 55.5 Å². The van der Waals surface area contributed by atoms with Gasteiger partial charge in [-0.05, 0) is 0 Å². The number of hydrogen-bond donors (Lipinski definition) is 0. The van der Waals surface area contributed by atoms with Gasteiger partial charge in [0, 0.05) is 0 Å². The number of hydrogen-bond acceptors (Lipinski definition) is 1. The van der Waals surface area contributed by atoms with Gasteiger partial charge in [-0.25, -0.2) is 0 Å². The van der Waals surface area contributed by atoms with Crippen molar-refractivity contribution in [2.24, 2.45) is 0 Å². The molecule has 4 aromatic carbocycles. The molecule has 0 radical (unpaired) electrons. The van der Waals surface area contributed by atoms with Crippen LogP contribution in [0.1, 0.15) is 0 Å². The van der Waals surface area contributed by atoms with Gasteiger partial charge >= 0.3 is 167 Å². The molecule has 0 bridgehead atoms. The van der Waals surface area contributed by atoms with Crippen molar-refractivity contribution in [1.82, 2.24) is 4.98 Å². The molecule has 0 N–H and O–H groups in total. The summed E-state index contributed by atoms with van der Waals surface area (Å²) in [4.78, 5) is 5.10. The van der Waals surface area contributed by atoms with Crippen molar-refractivity contribution in [2.45, 2.75) is 0 Å².